The monoisotopic (exact) mass is 369 g/mol. The lowest BCUT2D eigenvalue weighted by molar-refractivity contribution is 0.0764. The Kier molecular flexibility index (Phi) is 5.67. The van der Waals surface area contributed by atoms with Crippen molar-refractivity contribution in [1.29, 1.82) is 0 Å². The number of terminal acetylenes is 1. The number of methoxy groups -OCH3 is 1. The second-order valence-corrected chi connectivity index (χ2v) is 6.64. The summed E-state index contributed by atoms with van der Waals surface area (Å²) >= 11 is 0. The topological polar surface area (TPSA) is 87.7 Å². The Labute approximate surface area is 158 Å². The minimum Gasteiger partial charge on any atom is -0.493 e. The van der Waals surface area contributed by atoms with Crippen LogP contribution in [0.3, 0.4) is 0 Å². The number of nitrogens with zero attached hydrogens (tertiary/aromatic N) is 2. The van der Waals surface area contributed by atoms with Crippen LogP contribution in [0.15, 0.2) is 24.3 Å². The van der Waals surface area contributed by atoms with Gasteiger partial charge in [-0.1, -0.05) is 5.92 Å². The molecule has 2 N–H and O–H groups in total. The Morgan fingerprint density at radius 3 is 2.89 bits per heavy atom. The number of benzene rings is 1. The van der Waals surface area contributed by atoms with Gasteiger partial charge in [-0.05, 0) is 37.6 Å². The fourth-order valence-corrected chi connectivity index (χ4v) is 3.29. The highest BCUT2D eigenvalue weighted by atomic mass is 16.5. The Morgan fingerprint density at radius 1 is 1.41 bits per heavy atom. The molecule has 1 amide bonds. The number of carbonyl (C=O) groups is 1. The van der Waals surface area contributed by atoms with E-state index in [1.165, 1.54) is 7.11 Å². The minimum atomic E-state index is -0.582. The number of β-amino-alcohol motifs (C(OH)–C–C–N with tert-alkyl or cyclic N) is 1. The smallest absolute Gasteiger partial charge is 0.254 e. The van der Waals surface area contributed by atoms with Crippen LogP contribution in [0, 0.1) is 25.2 Å². The van der Waals surface area contributed by atoms with E-state index in [9.17, 15) is 9.90 Å². The molecule has 0 saturated carbocycles. The van der Waals surface area contributed by atoms with E-state index in [1.807, 2.05) is 13.0 Å². The zero-order chi connectivity index (χ0) is 19.4. The summed E-state index contributed by atoms with van der Waals surface area (Å²) in [5, 5.41) is 17.5. The Balaban J connectivity index is 1.71. The molecule has 1 aliphatic rings. The number of nitrogens with one attached hydrogen (secondary N) is 1. The van der Waals surface area contributed by atoms with Crippen LogP contribution < -0.4 is 9.47 Å². The van der Waals surface area contributed by atoms with Gasteiger partial charge in [0.1, 0.15) is 6.61 Å². The van der Waals surface area contributed by atoms with E-state index in [-0.39, 0.29) is 18.4 Å². The molecule has 2 atom stereocenters. The van der Waals surface area contributed by atoms with Crippen molar-refractivity contribution in [3.8, 4) is 23.8 Å². The van der Waals surface area contributed by atoms with Gasteiger partial charge in [-0.2, -0.15) is 5.10 Å². The third-order valence-electron chi connectivity index (χ3n) is 4.65. The van der Waals surface area contributed by atoms with Gasteiger partial charge < -0.3 is 19.5 Å². The SMILES string of the molecule is C#CCOc1cc(C(=O)N2C[C@@H](Cc3cc(C)[nH]n3)[C@H](O)C2)ccc1OC. The summed E-state index contributed by atoms with van der Waals surface area (Å²) in [7, 11) is 1.53. The Hall–Kier alpha value is -2.98. The molecule has 1 fully saturated rings. The number of likely N-dealkylation sites (tertiary alicyclic amines) is 1. The lowest BCUT2D eigenvalue weighted by Gasteiger charge is -2.17. The van der Waals surface area contributed by atoms with E-state index in [0.717, 1.165) is 11.4 Å². The van der Waals surface area contributed by atoms with Crippen molar-refractivity contribution in [2.24, 2.45) is 5.92 Å². The first-order valence-corrected chi connectivity index (χ1v) is 8.74. The molecule has 142 valence electrons. The number of aromatic nitrogens is 2. The van der Waals surface area contributed by atoms with Gasteiger partial charge in [0, 0.05) is 30.3 Å². The number of aromatic amines is 1. The molecule has 2 aromatic rings. The van der Waals surface area contributed by atoms with Crippen LogP contribution in [0.5, 0.6) is 11.5 Å². The van der Waals surface area contributed by atoms with Crippen LogP contribution in [0.25, 0.3) is 0 Å². The van der Waals surface area contributed by atoms with Crippen molar-refractivity contribution < 1.29 is 19.4 Å². The molecule has 0 unspecified atom stereocenters. The predicted molar refractivity (Wildman–Crippen MR) is 99.8 cm³/mol. The number of hydrogen-bond donors (Lipinski definition) is 2. The summed E-state index contributed by atoms with van der Waals surface area (Å²) in [6.07, 6.45) is 5.27. The average molecular weight is 369 g/mol. The molecule has 3 rings (SSSR count). The molecule has 7 nitrogen and oxygen atoms in total. The van der Waals surface area contributed by atoms with Crippen LogP contribution in [-0.2, 0) is 6.42 Å². The lowest BCUT2D eigenvalue weighted by Crippen LogP contribution is -2.29. The van der Waals surface area contributed by atoms with Crippen LogP contribution in [0.2, 0.25) is 0 Å². The van der Waals surface area contributed by atoms with Crippen LogP contribution >= 0.6 is 0 Å². The third-order valence-corrected chi connectivity index (χ3v) is 4.65. The zero-order valence-corrected chi connectivity index (χ0v) is 15.4. The molecule has 1 aromatic heterocycles. The Bertz CT molecular complexity index is 855. The molecule has 0 spiro atoms. The summed E-state index contributed by atoms with van der Waals surface area (Å²) in [4.78, 5) is 14.5. The maximum absolute atomic E-state index is 12.9. The number of H-pyrrole nitrogens is 1. The summed E-state index contributed by atoms with van der Waals surface area (Å²) in [6.45, 7) is 2.78. The summed E-state index contributed by atoms with van der Waals surface area (Å²) in [5.41, 5.74) is 2.33. The zero-order valence-electron chi connectivity index (χ0n) is 15.4. The van der Waals surface area contributed by atoms with Gasteiger partial charge in [-0.15, -0.1) is 6.42 Å². The van der Waals surface area contributed by atoms with E-state index >= 15 is 0 Å². The van der Waals surface area contributed by atoms with Gasteiger partial charge >= 0.3 is 0 Å². The molecule has 1 aliphatic heterocycles. The third kappa shape index (κ3) is 4.23. The van der Waals surface area contributed by atoms with Crippen LogP contribution in [-0.4, -0.2) is 59.0 Å². The van der Waals surface area contributed by atoms with E-state index in [1.54, 1.807) is 23.1 Å². The van der Waals surface area contributed by atoms with Crippen molar-refractivity contribution in [1.82, 2.24) is 15.1 Å². The van der Waals surface area contributed by atoms with E-state index in [2.05, 4.69) is 16.1 Å². The molecule has 1 aromatic carbocycles. The van der Waals surface area contributed by atoms with Crippen molar-refractivity contribution in [3.63, 3.8) is 0 Å². The van der Waals surface area contributed by atoms with E-state index < -0.39 is 6.10 Å². The first-order valence-electron chi connectivity index (χ1n) is 8.74. The van der Waals surface area contributed by atoms with Crippen molar-refractivity contribution in [2.75, 3.05) is 26.8 Å². The average Bonchev–Trinajstić information content (AvgIpc) is 3.25. The number of aliphatic hydroxyl groups excluding tert-OH is 1. The van der Waals surface area contributed by atoms with Gasteiger partial charge in [-0.25, -0.2) is 0 Å². The molecule has 27 heavy (non-hydrogen) atoms. The second-order valence-electron chi connectivity index (χ2n) is 6.64. The molecule has 0 bridgehead atoms. The number of aryl methyl sites for hydroxylation is 1. The largest absolute Gasteiger partial charge is 0.493 e. The van der Waals surface area contributed by atoms with Gasteiger partial charge in [0.15, 0.2) is 11.5 Å². The van der Waals surface area contributed by atoms with Crippen LogP contribution in [0.1, 0.15) is 21.7 Å². The fraction of sp³-hybridized carbons (Fsp3) is 0.400. The number of amides is 1. The normalized spacial score (nSPS) is 19.0. The maximum atomic E-state index is 12.9. The summed E-state index contributed by atoms with van der Waals surface area (Å²) in [6, 6.07) is 6.93. The number of aliphatic hydroxyl groups is 1. The molecular weight excluding hydrogens is 346 g/mol. The first-order chi connectivity index (χ1) is 13.0. The van der Waals surface area contributed by atoms with Gasteiger partial charge in [-0.3, -0.25) is 9.89 Å². The maximum Gasteiger partial charge on any atom is 0.254 e. The first kappa shape index (κ1) is 18.8. The predicted octanol–water partition coefficient (Wildman–Crippen LogP) is 1.41. The number of hydrogen-bond acceptors (Lipinski definition) is 5. The molecule has 1 saturated heterocycles. The summed E-state index contributed by atoms with van der Waals surface area (Å²) in [5.74, 6) is 3.11. The van der Waals surface area contributed by atoms with Crippen LogP contribution in [0.4, 0.5) is 0 Å². The number of rotatable bonds is 6. The van der Waals surface area contributed by atoms with E-state index in [0.29, 0.717) is 36.6 Å². The van der Waals surface area contributed by atoms with Crippen molar-refractivity contribution in [3.05, 3.63) is 41.2 Å². The quantitative estimate of drug-likeness (QED) is 0.752. The fourth-order valence-electron chi connectivity index (χ4n) is 3.29. The molecule has 0 aliphatic carbocycles. The highest BCUT2D eigenvalue weighted by molar-refractivity contribution is 5.95. The van der Waals surface area contributed by atoms with Gasteiger partial charge in [0.25, 0.3) is 5.91 Å². The van der Waals surface area contributed by atoms with Gasteiger partial charge in [0.05, 0.1) is 18.9 Å². The number of carbonyl (C=O) groups excluding carboxylic acids is 1. The highest BCUT2D eigenvalue weighted by Gasteiger charge is 2.35. The second kappa shape index (κ2) is 8.14. The molecule has 7 heteroatoms. The molecular formula is C20H23N3O4. The Morgan fingerprint density at radius 2 is 2.22 bits per heavy atom. The van der Waals surface area contributed by atoms with Gasteiger partial charge in [0.2, 0.25) is 0 Å². The lowest BCUT2D eigenvalue weighted by atomic mass is 10.0. The standard InChI is InChI=1S/C20H23N3O4/c1-4-7-27-19-10-14(5-6-18(19)26-3)20(25)23-11-15(17(24)12-23)9-16-8-13(2)21-22-16/h1,5-6,8,10,15,17,24H,7,9,11-12H2,2-3H3,(H,21,22)/t15-,17-/m1/s1. The van der Waals surface area contributed by atoms with E-state index in [4.69, 9.17) is 15.9 Å². The molecule has 2 heterocycles. The number of ether oxygens (including phenoxy) is 2. The van der Waals surface area contributed by atoms with Crippen molar-refractivity contribution >= 4 is 5.91 Å². The van der Waals surface area contributed by atoms with Crippen molar-refractivity contribution in [2.45, 2.75) is 19.4 Å². The summed E-state index contributed by atoms with van der Waals surface area (Å²) < 4.78 is 10.7. The minimum absolute atomic E-state index is 0.0490. The highest BCUT2D eigenvalue weighted by Crippen LogP contribution is 2.30. The molecule has 0 radical (unpaired) electrons.